The standard InChI is InChI=1S/C27H25N5O4/c1-15-20-11-24(30-16-9-22-27(29-12-16)35-14-18-5-7-26(34)32(18)22)28-13-21(20)19-6-4-17(10-23(19)36-15)31-8-2-3-25(31)33/h4,6,9-13,15,18H,2-3,5,7-8,14H2,1H3,(H,28,30)/t15?,18-/m1/s1. The summed E-state index contributed by atoms with van der Waals surface area (Å²) in [6.07, 6.45) is 6.18. The van der Waals surface area contributed by atoms with Crippen molar-refractivity contribution in [3.63, 3.8) is 0 Å². The molecule has 2 fully saturated rings. The van der Waals surface area contributed by atoms with Gasteiger partial charge in [0, 0.05) is 54.0 Å². The van der Waals surface area contributed by atoms with E-state index in [1.807, 2.05) is 53.3 Å². The molecule has 0 radical (unpaired) electrons. The number of rotatable bonds is 3. The molecule has 2 saturated heterocycles. The van der Waals surface area contributed by atoms with Gasteiger partial charge in [-0.1, -0.05) is 0 Å². The number of amides is 2. The lowest BCUT2D eigenvalue weighted by Gasteiger charge is -2.31. The second-order valence-corrected chi connectivity index (χ2v) is 9.69. The average molecular weight is 484 g/mol. The molecule has 182 valence electrons. The van der Waals surface area contributed by atoms with Gasteiger partial charge in [-0.3, -0.25) is 9.59 Å². The molecule has 9 heteroatoms. The zero-order chi connectivity index (χ0) is 24.4. The lowest BCUT2D eigenvalue weighted by atomic mass is 9.94. The Morgan fingerprint density at radius 2 is 1.94 bits per heavy atom. The maximum absolute atomic E-state index is 12.4. The van der Waals surface area contributed by atoms with Gasteiger partial charge in [-0.25, -0.2) is 9.97 Å². The Morgan fingerprint density at radius 3 is 2.81 bits per heavy atom. The van der Waals surface area contributed by atoms with Gasteiger partial charge in [0.25, 0.3) is 0 Å². The third-order valence-electron chi connectivity index (χ3n) is 7.42. The number of pyridine rings is 2. The highest BCUT2D eigenvalue weighted by Gasteiger charge is 2.38. The van der Waals surface area contributed by atoms with E-state index >= 15 is 0 Å². The summed E-state index contributed by atoms with van der Waals surface area (Å²) < 4.78 is 12.0. The van der Waals surface area contributed by atoms with Crippen molar-refractivity contribution >= 4 is 34.7 Å². The molecule has 2 amide bonds. The van der Waals surface area contributed by atoms with E-state index in [1.165, 1.54) is 0 Å². The lowest BCUT2D eigenvalue weighted by Crippen LogP contribution is -2.40. The van der Waals surface area contributed by atoms with E-state index in [-0.39, 0.29) is 24.0 Å². The fourth-order valence-corrected chi connectivity index (χ4v) is 5.62. The smallest absolute Gasteiger partial charge is 0.238 e. The Balaban J connectivity index is 1.18. The normalized spacial score (nSPS) is 21.8. The number of hydrogen-bond donors (Lipinski definition) is 1. The van der Waals surface area contributed by atoms with Crippen LogP contribution in [0.2, 0.25) is 0 Å². The van der Waals surface area contributed by atoms with Crippen LogP contribution in [0.4, 0.5) is 22.9 Å². The number of benzene rings is 1. The van der Waals surface area contributed by atoms with E-state index < -0.39 is 0 Å². The van der Waals surface area contributed by atoms with Gasteiger partial charge in [0.05, 0.1) is 17.9 Å². The number of aromatic nitrogens is 2. The number of nitrogens with one attached hydrogen (secondary N) is 1. The molecule has 1 unspecified atom stereocenters. The van der Waals surface area contributed by atoms with Crippen LogP contribution in [-0.2, 0) is 9.59 Å². The highest BCUT2D eigenvalue weighted by molar-refractivity contribution is 5.98. The number of carbonyl (C=O) groups excluding carboxylic acids is 2. The van der Waals surface area contributed by atoms with E-state index in [1.54, 1.807) is 6.20 Å². The van der Waals surface area contributed by atoms with Crippen LogP contribution in [0.1, 0.15) is 44.3 Å². The van der Waals surface area contributed by atoms with Crippen LogP contribution >= 0.6 is 0 Å². The third kappa shape index (κ3) is 3.30. The summed E-state index contributed by atoms with van der Waals surface area (Å²) in [5.74, 6) is 2.17. The van der Waals surface area contributed by atoms with Crippen molar-refractivity contribution in [2.75, 3.05) is 28.3 Å². The summed E-state index contributed by atoms with van der Waals surface area (Å²) in [5.41, 5.74) is 5.30. The monoisotopic (exact) mass is 483 g/mol. The Kier molecular flexibility index (Phi) is 4.67. The molecule has 0 bridgehead atoms. The first kappa shape index (κ1) is 21.2. The summed E-state index contributed by atoms with van der Waals surface area (Å²) in [4.78, 5) is 37.3. The summed E-state index contributed by atoms with van der Waals surface area (Å²) in [7, 11) is 0. The zero-order valence-electron chi connectivity index (χ0n) is 19.9. The Morgan fingerprint density at radius 1 is 1.03 bits per heavy atom. The van der Waals surface area contributed by atoms with E-state index in [0.29, 0.717) is 36.8 Å². The van der Waals surface area contributed by atoms with Crippen LogP contribution < -0.4 is 24.6 Å². The van der Waals surface area contributed by atoms with Crippen LogP contribution in [0.15, 0.2) is 42.7 Å². The summed E-state index contributed by atoms with van der Waals surface area (Å²) >= 11 is 0. The molecule has 36 heavy (non-hydrogen) atoms. The Labute approximate surface area is 208 Å². The summed E-state index contributed by atoms with van der Waals surface area (Å²) in [6.45, 7) is 3.24. The van der Waals surface area contributed by atoms with E-state index in [9.17, 15) is 9.59 Å². The predicted molar refractivity (Wildman–Crippen MR) is 134 cm³/mol. The second kappa shape index (κ2) is 7.94. The zero-order valence-corrected chi connectivity index (χ0v) is 19.9. The molecule has 4 aliphatic heterocycles. The highest BCUT2D eigenvalue weighted by Crippen LogP contribution is 2.45. The molecular formula is C27H25N5O4. The van der Waals surface area contributed by atoms with E-state index in [4.69, 9.17) is 9.47 Å². The minimum atomic E-state index is -0.182. The van der Waals surface area contributed by atoms with Crippen molar-refractivity contribution < 1.29 is 19.1 Å². The number of carbonyl (C=O) groups is 2. The molecule has 0 saturated carbocycles. The molecule has 4 aliphatic rings. The topological polar surface area (TPSA) is 96.9 Å². The van der Waals surface area contributed by atoms with Crippen molar-refractivity contribution in [2.24, 2.45) is 0 Å². The van der Waals surface area contributed by atoms with Gasteiger partial charge in [0.2, 0.25) is 17.7 Å². The minimum Gasteiger partial charge on any atom is -0.485 e. The largest absolute Gasteiger partial charge is 0.485 e. The third-order valence-corrected chi connectivity index (χ3v) is 7.42. The molecule has 7 rings (SSSR count). The van der Waals surface area contributed by atoms with Crippen LogP contribution in [0.5, 0.6) is 11.6 Å². The van der Waals surface area contributed by atoms with Crippen LogP contribution in [0, 0.1) is 0 Å². The fourth-order valence-electron chi connectivity index (χ4n) is 5.62. The quantitative estimate of drug-likeness (QED) is 0.591. The maximum Gasteiger partial charge on any atom is 0.238 e. The Hall–Kier alpha value is -4.14. The first-order valence-corrected chi connectivity index (χ1v) is 12.4. The van der Waals surface area contributed by atoms with Gasteiger partial charge >= 0.3 is 0 Å². The number of nitrogens with zero attached hydrogens (tertiary/aromatic N) is 4. The molecule has 1 aromatic carbocycles. The lowest BCUT2D eigenvalue weighted by molar-refractivity contribution is -0.118. The highest BCUT2D eigenvalue weighted by atomic mass is 16.5. The molecule has 0 spiro atoms. The van der Waals surface area contributed by atoms with Crippen molar-refractivity contribution in [2.45, 2.75) is 44.8 Å². The Bertz CT molecular complexity index is 1420. The molecule has 2 aromatic heterocycles. The van der Waals surface area contributed by atoms with Gasteiger partial charge in [-0.2, -0.15) is 0 Å². The van der Waals surface area contributed by atoms with Gasteiger partial charge in [-0.15, -0.1) is 0 Å². The summed E-state index contributed by atoms with van der Waals surface area (Å²) in [5, 5.41) is 3.33. The van der Waals surface area contributed by atoms with Crippen molar-refractivity contribution in [3.8, 4) is 22.8 Å². The van der Waals surface area contributed by atoms with Gasteiger partial charge in [-0.05, 0) is 44.0 Å². The SMILES string of the molecule is CC1Oc2cc(N3CCCC3=O)ccc2-c2cnc(Nc3cnc4c(c3)N3C(=O)CC[C@@H]3CO4)cc21. The van der Waals surface area contributed by atoms with E-state index in [0.717, 1.165) is 53.2 Å². The van der Waals surface area contributed by atoms with Crippen molar-refractivity contribution in [3.05, 3.63) is 48.3 Å². The van der Waals surface area contributed by atoms with Gasteiger partial charge < -0.3 is 24.6 Å². The average Bonchev–Trinajstić information content (AvgIpc) is 3.49. The number of ether oxygens (including phenoxy) is 2. The predicted octanol–water partition coefficient (Wildman–Crippen LogP) is 4.36. The van der Waals surface area contributed by atoms with Crippen molar-refractivity contribution in [1.82, 2.24) is 9.97 Å². The van der Waals surface area contributed by atoms with Gasteiger partial charge in [0.15, 0.2) is 0 Å². The molecule has 9 nitrogen and oxygen atoms in total. The summed E-state index contributed by atoms with van der Waals surface area (Å²) in [6, 6.07) is 9.90. The van der Waals surface area contributed by atoms with Crippen LogP contribution in [0.3, 0.4) is 0 Å². The van der Waals surface area contributed by atoms with E-state index in [2.05, 4.69) is 15.3 Å². The van der Waals surface area contributed by atoms with Gasteiger partial charge in [0.1, 0.15) is 30.0 Å². The maximum atomic E-state index is 12.4. The minimum absolute atomic E-state index is 0.0751. The van der Waals surface area contributed by atoms with Crippen LogP contribution in [-0.4, -0.2) is 41.0 Å². The first-order chi connectivity index (χ1) is 17.5. The fraction of sp³-hybridized carbons (Fsp3) is 0.333. The van der Waals surface area contributed by atoms with Crippen molar-refractivity contribution in [1.29, 1.82) is 0 Å². The molecular weight excluding hydrogens is 458 g/mol. The second-order valence-electron chi connectivity index (χ2n) is 9.69. The first-order valence-electron chi connectivity index (χ1n) is 12.4. The molecule has 1 N–H and O–H groups in total. The molecule has 0 aliphatic carbocycles. The number of fused-ring (bicyclic) bond motifs is 6. The molecule has 6 heterocycles. The molecule has 2 atom stereocenters. The number of hydrogen-bond acceptors (Lipinski definition) is 7. The van der Waals surface area contributed by atoms with Crippen LogP contribution in [0.25, 0.3) is 11.1 Å². The molecule has 3 aromatic rings. The number of anilines is 4.